The van der Waals surface area contributed by atoms with Gasteiger partial charge >= 0.3 is 0 Å². The van der Waals surface area contributed by atoms with Crippen LogP contribution >= 0.6 is 0 Å². The molecule has 0 unspecified atom stereocenters. The minimum Gasteiger partial charge on any atom is -0.342 e. The number of aromatic amines is 2. The number of nitrogens with one attached hydrogen (secondary N) is 2. The predicted molar refractivity (Wildman–Crippen MR) is 102 cm³/mol. The number of nitrogens with zero attached hydrogens (tertiary/aromatic N) is 4. The zero-order valence-electron chi connectivity index (χ0n) is 14.7. The van der Waals surface area contributed by atoms with Gasteiger partial charge in [-0.3, -0.25) is 20.2 Å². The van der Waals surface area contributed by atoms with Crippen molar-refractivity contribution >= 4 is 33.4 Å². The molecule has 0 aliphatic carbocycles. The zero-order valence-corrected chi connectivity index (χ0v) is 14.7. The Morgan fingerprint density at radius 2 is 1.18 bits per heavy atom. The molecule has 0 radical (unpaired) electrons. The number of hydrogen-bond donors (Lipinski definition) is 2. The highest BCUT2D eigenvalue weighted by atomic mass is 16.6. The van der Waals surface area contributed by atoms with Crippen molar-refractivity contribution in [1.82, 2.24) is 19.9 Å². The second kappa shape index (κ2) is 7.06. The fraction of sp³-hybridized carbons (Fsp3) is 0.222. The summed E-state index contributed by atoms with van der Waals surface area (Å²) in [6, 6.07) is 9.14. The summed E-state index contributed by atoms with van der Waals surface area (Å²) in [6.45, 7) is 0. The van der Waals surface area contributed by atoms with Gasteiger partial charge in [0, 0.05) is 37.1 Å². The lowest BCUT2D eigenvalue weighted by molar-refractivity contribution is -0.384. The van der Waals surface area contributed by atoms with Gasteiger partial charge in [0.05, 0.1) is 31.9 Å². The number of aromatic nitrogens is 4. The molecule has 0 aliphatic rings. The Hall–Kier alpha value is -3.82. The van der Waals surface area contributed by atoms with Crippen LogP contribution < -0.4 is 0 Å². The molecule has 0 fully saturated rings. The van der Waals surface area contributed by atoms with Crippen LogP contribution in [-0.4, -0.2) is 29.8 Å². The van der Waals surface area contributed by atoms with Crippen molar-refractivity contribution in [3.8, 4) is 0 Å². The van der Waals surface area contributed by atoms with E-state index in [9.17, 15) is 20.2 Å². The van der Waals surface area contributed by atoms with Crippen molar-refractivity contribution in [2.75, 3.05) is 0 Å². The van der Waals surface area contributed by atoms with Crippen LogP contribution in [0.1, 0.15) is 24.5 Å². The number of nitro benzene ring substituents is 2. The first-order valence-corrected chi connectivity index (χ1v) is 8.76. The zero-order chi connectivity index (χ0) is 19.7. The van der Waals surface area contributed by atoms with Gasteiger partial charge < -0.3 is 9.97 Å². The lowest BCUT2D eigenvalue weighted by Gasteiger charge is -1.97. The van der Waals surface area contributed by atoms with E-state index in [-0.39, 0.29) is 11.4 Å². The lowest BCUT2D eigenvalue weighted by Crippen LogP contribution is -1.92. The third-order valence-corrected chi connectivity index (χ3v) is 4.53. The van der Waals surface area contributed by atoms with E-state index in [2.05, 4.69) is 19.9 Å². The summed E-state index contributed by atoms with van der Waals surface area (Å²) in [5.41, 5.74) is 2.80. The van der Waals surface area contributed by atoms with E-state index in [0.29, 0.717) is 34.9 Å². The molecule has 0 amide bonds. The molecular formula is C18H16N6O4. The predicted octanol–water partition coefficient (Wildman–Crippen LogP) is 3.82. The normalized spacial score (nSPS) is 11.3. The number of benzene rings is 2. The molecule has 0 spiro atoms. The summed E-state index contributed by atoms with van der Waals surface area (Å²) in [5.74, 6) is 1.58. The van der Waals surface area contributed by atoms with Crippen LogP contribution in [0.3, 0.4) is 0 Å². The van der Waals surface area contributed by atoms with Crippen LogP contribution in [0, 0.1) is 20.2 Å². The number of nitro groups is 2. The number of non-ortho nitro benzene ring substituents is 2. The van der Waals surface area contributed by atoms with Gasteiger partial charge in [-0.25, -0.2) is 9.97 Å². The van der Waals surface area contributed by atoms with Crippen LogP contribution in [0.5, 0.6) is 0 Å². The second-order valence-corrected chi connectivity index (χ2v) is 6.49. The van der Waals surface area contributed by atoms with E-state index in [0.717, 1.165) is 24.5 Å². The molecule has 2 aromatic heterocycles. The van der Waals surface area contributed by atoms with Gasteiger partial charge in [0.15, 0.2) is 0 Å². The molecule has 10 heteroatoms. The molecule has 0 saturated carbocycles. The van der Waals surface area contributed by atoms with E-state index in [4.69, 9.17) is 0 Å². The molecule has 0 atom stereocenters. The van der Waals surface area contributed by atoms with Gasteiger partial charge in [0.25, 0.3) is 11.4 Å². The molecule has 0 bridgehead atoms. The number of fused-ring (bicyclic) bond motifs is 2. The minimum absolute atomic E-state index is 0.0350. The molecule has 0 saturated heterocycles. The second-order valence-electron chi connectivity index (χ2n) is 6.49. The van der Waals surface area contributed by atoms with Crippen molar-refractivity contribution in [3.63, 3.8) is 0 Å². The highest BCUT2D eigenvalue weighted by Gasteiger charge is 2.11. The van der Waals surface area contributed by atoms with E-state index in [1.165, 1.54) is 24.3 Å². The molecule has 4 rings (SSSR count). The van der Waals surface area contributed by atoms with Gasteiger partial charge in [-0.1, -0.05) is 0 Å². The Morgan fingerprint density at radius 1 is 0.750 bits per heavy atom. The van der Waals surface area contributed by atoms with Gasteiger partial charge in [0.1, 0.15) is 11.6 Å². The topological polar surface area (TPSA) is 144 Å². The van der Waals surface area contributed by atoms with Crippen molar-refractivity contribution in [1.29, 1.82) is 0 Å². The average molecular weight is 380 g/mol. The average Bonchev–Trinajstić information content (AvgIpc) is 3.26. The van der Waals surface area contributed by atoms with Gasteiger partial charge in [-0.2, -0.15) is 0 Å². The number of unbranched alkanes of at least 4 members (excludes halogenated alkanes) is 1. The SMILES string of the molecule is O=[N+]([O-])c1ccc2nc(CCCCc3nc4ccc([N+](=O)[O-])cc4[nH]3)[nH]c2c1. The Kier molecular flexibility index (Phi) is 4.44. The molecule has 2 heterocycles. The van der Waals surface area contributed by atoms with Crippen LogP contribution in [0.2, 0.25) is 0 Å². The van der Waals surface area contributed by atoms with E-state index in [1.54, 1.807) is 12.1 Å². The first-order valence-electron chi connectivity index (χ1n) is 8.76. The number of imidazole rings is 2. The maximum atomic E-state index is 10.8. The molecule has 2 aromatic carbocycles. The van der Waals surface area contributed by atoms with Gasteiger partial charge in [-0.15, -0.1) is 0 Å². The van der Waals surface area contributed by atoms with Crippen molar-refractivity contribution in [3.05, 3.63) is 68.3 Å². The molecule has 28 heavy (non-hydrogen) atoms. The molecular weight excluding hydrogens is 364 g/mol. The fourth-order valence-corrected chi connectivity index (χ4v) is 3.15. The smallest absolute Gasteiger partial charge is 0.271 e. The summed E-state index contributed by atoms with van der Waals surface area (Å²) in [4.78, 5) is 36.0. The van der Waals surface area contributed by atoms with Crippen LogP contribution in [0.15, 0.2) is 36.4 Å². The maximum absolute atomic E-state index is 10.8. The first kappa shape index (κ1) is 17.6. The third kappa shape index (κ3) is 3.52. The Bertz CT molecular complexity index is 1100. The summed E-state index contributed by atoms with van der Waals surface area (Å²) >= 11 is 0. The Balaban J connectivity index is 1.36. The summed E-state index contributed by atoms with van der Waals surface area (Å²) in [7, 11) is 0. The van der Waals surface area contributed by atoms with Gasteiger partial charge in [-0.05, 0) is 25.0 Å². The summed E-state index contributed by atoms with van der Waals surface area (Å²) < 4.78 is 0. The minimum atomic E-state index is -0.429. The van der Waals surface area contributed by atoms with E-state index >= 15 is 0 Å². The number of aryl methyl sites for hydroxylation is 2. The lowest BCUT2D eigenvalue weighted by atomic mass is 10.2. The van der Waals surface area contributed by atoms with Crippen LogP contribution in [0.4, 0.5) is 11.4 Å². The van der Waals surface area contributed by atoms with Crippen LogP contribution in [0.25, 0.3) is 22.1 Å². The highest BCUT2D eigenvalue weighted by molar-refractivity contribution is 5.78. The number of H-pyrrole nitrogens is 2. The largest absolute Gasteiger partial charge is 0.342 e. The monoisotopic (exact) mass is 380 g/mol. The molecule has 4 aromatic rings. The summed E-state index contributed by atoms with van der Waals surface area (Å²) in [5, 5.41) is 21.7. The first-order chi connectivity index (χ1) is 13.5. The fourth-order valence-electron chi connectivity index (χ4n) is 3.15. The standard InChI is InChI=1S/C18H16N6O4/c25-23(26)11-5-7-13-15(9-11)21-17(19-13)3-1-2-4-18-20-14-8-6-12(24(27)28)10-16(14)22-18/h5-10H,1-4H2,(H,19,21)(H,20,22). The van der Waals surface area contributed by atoms with Crippen LogP contribution in [-0.2, 0) is 12.8 Å². The highest BCUT2D eigenvalue weighted by Crippen LogP contribution is 2.21. The van der Waals surface area contributed by atoms with E-state index < -0.39 is 9.85 Å². The van der Waals surface area contributed by atoms with Crippen molar-refractivity contribution in [2.45, 2.75) is 25.7 Å². The quantitative estimate of drug-likeness (QED) is 0.283. The Labute approximate surface area is 157 Å². The molecule has 10 nitrogen and oxygen atoms in total. The Morgan fingerprint density at radius 3 is 1.57 bits per heavy atom. The van der Waals surface area contributed by atoms with Crippen molar-refractivity contribution < 1.29 is 9.85 Å². The van der Waals surface area contributed by atoms with E-state index in [1.807, 2.05) is 0 Å². The number of rotatable bonds is 7. The van der Waals surface area contributed by atoms with Crippen molar-refractivity contribution in [2.24, 2.45) is 0 Å². The van der Waals surface area contributed by atoms with Gasteiger partial charge in [0.2, 0.25) is 0 Å². The maximum Gasteiger partial charge on any atom is 0.271 e. The third-order valence-electron chi connectivity index (χ3n) is 4.53. The molecule has 2 N–H and O–H groups in total. The summed E-state index contributed by atoms with van der Waals surface area (Å²) in [6.07, 6.45) is 3.15. The number of hydrogen-bond acceptors (Lipinski definition) is 6. The molecule has 142 valence electrons. The molecule has 0 aliphatic heterocycles.